The molecule has 2 aliphatic rings. The Kier molecular flexibility index (Phi) is 3.07. The number of hydrogen-bond acceptors (Lipinski definition) is 4. The molecule has 4 heteroatoms. The van der Waals surface area contributed by atoms with Crippen molar-refractivity contribution in [3.05, 3.63) is 5.01 Å². The molecule has 1 aromatic heterocycles. The Bertz CT molecular complexity index is 388. The maximum atomic E-state index is 4.27. The van der Waals surface area contributed by atoms with Crippen LogP contribution < -0.4 is 5.32 Å². The van der Waals surface area contributed by atoms with Gasteiger partial charge in [-0.1, -0.05) is 31.6 Å². The van der Waals surface area contributed by atoms with Gasteiger partial charge in [0, 0.05) is 12.5 Å². The molecule has 0 amide bonds. The SMILES string of the molecule is CC(C)Cc1nnc(NC2CC3CCC2C3)s1. The van der Waals surface area contributed by atoms with Crippen LogP contribution in [0.5, 0.6) is 0 Å². The van der Waals surface area contributed by atoms with E-state index in [0.717, 1.165) is 23.4 Å². The smallest absolute Gasteiger partial charge is 0.205 e. The maximum absolute atomic E-state index is 4.27. The lowest BCUT2D eigenvalue weighted by molar-refractivity contribution is 0.439. The van der Waals surface area contributed by atoms with Crippen LogP contribution in [-0.4, -0.2) is 16.2 Å². The van der Waals surface area contributed by atoms with Crippen molar-refractivity contribution in [2.24, 2.45) is 17.8 Å². The molecule has 2 aliphatic carbocycles. The molecule has 3 atom stereocenters. The van der Waals surface area contributed by atoms with Crippen LogP contribution in [0.2, 0.25) is 0 Å². The molecule has 3 unspecified atom stereocenters. The van der Waals surface area contributed by atoms with Gasteiger partial charge in [-0.25, -0.2) is 0 Å². The molecular formula is C13H21N3S. The van der Waals surface area contributed by atoms with E-state index < -0.39 is 0 Å². The summed E-state index contributed by atoms with van der Waals surface area (Å²) in [6.45, 7) is 4.45. The van der Waals surface area contributed by atoms with Crippen LogP contribution in [0.3, 0.4) is 0 Å². The molecule has 1 heterocycles. The predicted octanol–water partition coefficient (Wildman–Crippen LogP) is 3.34. The van der Waals surface area contributed by atoms with E-state index in [1.54, 1.807) is 11.3 Å². The molecule has 0 aromatic carbocycles. The zero-order chi connectivity index (χ0) is 11.8. The van der Waals surface area contributed by atoms with E-state index in [9.17, 15) is 0 Å². The molecule has 1 N–H and O–H groups in total. The van der Waals surface area contributed by atoms with Gasteiger partial charge in [0.05, 0.1) is 0 Å². The number of rotatable bonds is 4. The first-order valence-electron chi connectivity index (χ1n) is 6.79. The van der Waals surface area contributed by atoms with Gasteiger partial charge < -0.3 is 5.32 Å². The van der Waals surface area contributed by atoms with Gasteiger partial charge in [0.15, 0.2) is 0 Å². The van der Waals surface area contributed by atoms with Crippen molar-refractivity contribution >= 4 is 16.5 Å². The van der Waals surface area contributed by atoms with Gasteiger partial charge in [0.2, 0.25) is 5.13 Å². The zero-order valence-electron chi connectivity index (χ0n) is 10.6. The lowest BCUT2D eigenvalue weighted by atomic mass is 9.96. The fraction of sp³-hybridized carbons (Fsp3) is 0.846. The third kappa shape index (κ3) is 2.46. The highest BCUT2D eigenvalue weighted by molar-refractivity contribution is 7.15. The molecule has 3 rings (SSSR count). The summed E-state index contributed by atoms with van der Waals surface area (Å²) in [6, 6.07) is 0.675. The fourth-order valence-corrected chi connectivity index (χ4v) is 4.34. The van der Waals surface area contributed by atoms with E-state index in [2.05, 4.69) is 29.4 Å². The summed E-state index contributed by atoms with van der Waals surface area (Å²) in [5.74, 6) is 2.55. The van der Waals surface area contributed by atoms with Crippen LogP contribution in [0, 0.1) is 17.8 Å². The standard InChI is InChI=1S/C13H21N3S/c1-8(2)5-12-15-16-13(17-12)14-11-7-9-3-4-10(11)6-9/h8-11H,3-7H2,1-2H3,(H,14,16). The van der Waals surface area contributed by atoms with Gasteiger partial charge >= 0.3 is 0 Å². The second-order valence-corrected chi connectivity index (χ2v) is 7.09. The normalized spacial score (nSPS) is 31.4. The van der Waals surface area contributed by atoms with Gasteiger partial charge in [0.25, 0.3) is 0 Å². The number of aromatic nitrogens is 2. The molecule has 0 saturated heterocycles. The Morgan fingerprint density at radius 2 is 2.18 bits per heavy atom. The molecule has 0 radical (unpaired) electrons. The molecule has 0 aliphatic heterocycles. The van der Waals surface area contributed by atoms with Crippen LogP contribution in [0.25, 0.3) is 0 Å². The average Bonchev–Trinajstić information content (AvgIpc) is 2.94. The Morgan fingerprint density at radius 1 is 1.29 bits per heavy atom. The number of hydrogen-bond donors (Lipinski definition) is 1. The van der Waals surface area contributed by atoms with Crippen molar-refractivity contribution < 1.29 is 0 Å². The molecular weight excluding hydrogens is 230 g/mol. The monoisotopic (exact) mass is 251 g/mol. The Labute approximate surface area is 107 Å². The fourth-order valence-electron chi connectivity index (χ4n) is 3.32. The van der Waals surface area contributed by atoms with Crippen LogP contribution in [0.1, 0.15) is 44.5 Å². The first-order valence-corrected chi connectivity index (χ1v) is 7.61. The van der Waals surface area contributed by atoms with Crippen molar-refractivity contribution in [1.82, 2.24) is 10.2 Å². The molecule has 17 heavy (non-hydrogen) atoms. The second kappa shape index (κ2) is 4.56. The Balaban J connectivity index is 1.60. The Morgan fingerprint density at radius 3 is 2.82 bits per heavy atom. The highest BCUT2D eigenvalue weighted by atomic mass is 32.1. The summed E-state index contributed by atoms with van der Waals surface area (Å²) < 4.78 is 0. The van der Waals surface area contributed by atoms with Gasteiger partial charge in [-0.05, 0) is 37.0 Å². The zero-order valence-corrected chi connectivity index (χ0v) is 11.5. The highest BCUT2D eigenvalue weighted by Crippen LogP contribution is 2.45. The molecule has 1 aromatic rings. The van der Waals surface area contributed by atoms with E-state index in [1.807, 2.05) is 0 Å². The molecule has 2 fully saturated rings. The quantitative estimate of drug-likeness (QED) is 0.892. The van der Waals surface area contributed by atoms with Gasteiger partial charge in [-0.2, -0.15) is 0 Å². The highest BCUT2D eigenvalue weighted by Gasteiger charge is 2.39. The summed E-state index contributed by atoms with van der Waals surface area (Å²) in [6.07, 6.45) is 6.71. The molecule has 94 valence electrons. The third-order valence-corrected chi connectivity index (χ3v) is 4.97. The van der Waals surface area contributed by atoms with E-state index in [4.69, 9.17) is 0 Å². The molecule has 2 bridgehead atoms. The van der Waals surface area contributed by atoms with Crippen molar-refractivity contribution in [2.45, 2.75) is 52.0 Å². The van der Waals surface area contributed by atoms with Crippen LogP contribution in [-0.2, 0) is 6.42 Å². The summed E-state index contributed by atoms with van der Waals surface area (Å²) in [5.41, 5.74) is 0. The van der Waals surface area contributed by atoms with Crippen LogP contribution in [0.4, 0.5) is 5.13 Å². The lowest BCUT2D eigenvalue weighted by Gasteiger charge is -2.21. The first-order chi connectivity index (χ1) is 8.20. The molecule has 2 saturated carbocycles. The maximum Gasteiger partial charge on any atom is 0.205 e. The van der Waals surface area contributed by atoms with Crippen LogP contribution in [0.15, 0.2) is 0 Å². The van der Waals surface area contributed by atoms with Crippen molar-refractivity contribution in [3.63, 3.8) is 0 Å². The number of anilines is 1. The van der Waals surface area contributed by atoms with Gasteiger partial charge in [0.1, 0.15) is 5.01 Å². The second-order valence-electron chi connectivity index (χ2n) is 6.02. The predicted molar refractivity (Wildman–Crippen MR) is 71.3 cm³/mol. The minimum Gasteiger partial charge on any atom is -0.357 e. The Hall–Kier alpha value is -0.640. The summed E-state index contributed by atoms with van der Waals surface area (Å²) in [4.78, 5) is 0. The third-order valence-electron chi connectivity index (χ3n) is 4.10. The first kappa shape index (κ1) is 11.5. The topological polar surface area (TPSA) is 37.8 Å². The molecule has 0 spiro atoms. The number of nitrogens with zero attached hydrogens (tertiary/aromatic N) is 2. The summed E-state index contributed by atoms with van der Waals surface area (Å²) in [7, 11) is 0. The van der Waals surface area contributed by atoms with E-state index >= 15 is 0 Å². The minimum absolute atomic E-state index is 0.665. The lowest BCUT2D eigenvalue weighted by Crippen LogP contribution is -2.25. The average molecular weight is 251 g/mol. The minimum atomic E-state index is 0.665. The van der Waals surface area contributed by atoms with Gasteiger partial charge in [-0.3, -0.25) is 0 Å². The summed E-state index contributed by atoms with van der Waals surface area (Å²) >= 11 is 1.74. The van der Waals surface area contributed by atoms with Crippen LogP contribution >= 0.6 is 11.3 Å². The van der Waals surface area contributed by atoms with Gasteiger partial charge in [-0.15, -0.1) is 10.2 Å². The molecule has 3 nitrogen and oxygen atoms in total. The van der Waals surface area contributed by atoms with Crippen molar-refractivity contribution in [3.8, 4) is 0 Å². The van der Waals surface area contributed by atoms with Crippen molar-refractivity contribution in [2.75, 3.05) is 5.32 Å². The largest absolute Gasteiger partial charge is 0.357 e. The number of nitrogens with one attached hydrogen (secondary N) is 1. The van der Waals surface area contributed by atoms with E-state index in [0.29, 0.717) is 12.0 Å². The number of fused-ring (bicyclic) bond motifs is 2. The van der Waals surface area contributed by atoms with E-state index in [1.165, 1.54) is 30.7 Å². The van der Waals surface area contributed by atoms with Crippen molar-refractivity contribution in [1.29, 1.82) is 0 Å². The van der Waals surface area contributed by atoms with E-state index in [-0.39, 0.29) is 0 Å². The summed E-state index contributed by atoms with van der Waals surface area (Å²) in [5, 5.41) is 14.4.